The second kappa shape index (κ2) is 73.0. The van der Waals surface area contributed by atoms with E-state index in [4.69, 9.17) is 9.47 Å². The van der Waals surface area contributed by atoms with Crippen LogP contribution in [0.5, 0.6) is 0 Å². The summed E-state index contributed by atoms with van der Waals surface area (Å²) in [7, 11) is 0. The van der Waals surface area contributed by atoms with E-state index in [9.17, 15) is 14.7 Å². The Morgan fingerprint density at radius 3 is 0.714 bits per heavy atom. The summed E-state index contributed by atoms with van der Waals surface area (Å²) in [5.74, 6) is -0.584. The molecule has 5 heteroatoms. The van der Waals surface area contributed by atoms with Crippen molar-refractivity contribution in [1.29, 1.82) is 0 Å². The standard InChI is InChI=1S/C79H132O5/c1-3-5-7-9-11-13-15-17-19-21-23-25-27-29-31-33-35-36-37-38-39-40-41-42-44-46-48-50-52-54-56-58-60-62-64-66-68-70-72-74-79(82)84-77(75-80)76-83-78(81)73-71-69-67-65-63-61-59-57-55-53-51-49-47-45-43-34-32-30-28-26-24-22-20-18-16-14-12-10-8-6-4-2/h5-8,11-14,17-20,23-26,29-32,35-36,38-39,77,80H,3-4,9-10,15-16,21-22,27-28,33-34,37,40-76H2,1-2H3/b7-5-,8-6-,13-11-,14-12-,19-17-,20-18-,25-23-,26-24-,31-29-,32-30-,36-35-,39-38-. The quantitative estimate of drug-likeness (QED) is 0.0373. The minimum atomic E-state index is -0.780. The van der Waals surface area contributed by atoms with E-state index in [2.05, 4.69) is 160 Å². The van der Waals surface area contributed by atoms with Crippen molar-refractivity contribution in [2.24, 2.45) is 0 Å². The molecule has 478 valence electrons. The predicted octanol–water partition coefficient (Wildman–Crippen LogP) is 24.9. The lowest BCUT2D eigenvalue weighted by Gasteiger charge is -2.15. The van der Waals surface area contributed by atoms with Crippen LogP contribution in [0.25, 0.3) is 0 Å². The highest BCUT2D eigenvalue weighted by Gasteiger charge is 2.16. The van der Waals surface area contributed by atoms with Gasteiger partial charge in [-0.05, 0) is 116 Å². The van der Waals surface area contributed by atoms with Crippen molar-refractivity contribution in [2.75, 3.05) is 13.2 Å². The average molecular weight is 1160 g/mol. The molecule has 0 fully saturated rings. The highest BCUT2D eigenvalue weighted by molar-refractivity contribution is 5.70. The smallest absolute Gasteiger partial charge is 0.306 e. The molecule has 0 aromatic heterocycles. The molecule has 0 bridgehead atoms. The average Bonchev–Trinajstić information content (AvgIpc) is 3.51. The fourth-order valence-corrected chi connectivity index (χ4v) is 9.92. The molecule has 0 saturated heterocycles. The fraction of sp³-hybridized carbons (Fsp3) is 0.671. The number of aliphatic hydroxyl groups is 1. The van der Waals surface area contributed by atoms with E-state index in [-0.39, 0.29) is 25.2 Å². The van der Waals surface area contributed by atoms with Gasteiger partial charge in [-0.25, -0.2) is 0 Å². The molecule has 0 heterocycles. The number of unbranched alkanes of at least 4 members (excludes halogenated alkanes) is 32. The Morgan fingerprint density at radius 2 is 0.476 bits per heavy atom. The third-order valence-corrected chi connectivity index (χ3v) is 15.1. The molecule has 0 spiro atoms. The number of aliphatic hydroxyl groups excluding tert-OH is 1. The van der Waals surface area contributed by atoms with Crippen LogP contribution in [0.2, 0.25) is 0 Å². The molecular weight excluding hydrogens is 1030 g/mol. The number of esters is 2. The summed E-state index contributed by atoms with van der Waals surface area (Å²) < 4.78 is 10.8. The SMILES string of the molecule is CC/C=C\C/C=C\C/C=C\C/C=C\C/C=C\C/C=C\C/C=C\CCCCCCCCCCCCCCCCCCCC(=O)OC(CO)COC(=O)CCCCCCCCCCCCCCCCC/C=C\C/C=C\C/C=C\C/C=C\C/C=C\CC. The molecular formula is C79H132O5. The molecule has 0 aromatic carbocycles. The molecule has 1 N–H and O–H groups in total. The van der Waals surface area contributed by atoms with Crippen molar-refractivity contribution in [3.63, 3.8) is 0 Å². The van der Waals surface area contributed by atoms with E-state index in [1.165, 1.54) is 180 Å². The van der Waals surface area contributed by atoms with E-state index in [0.717, 1.165) is 116 Å². The zero-order valence-corrected chi connectivity index (χ0v) is 54.9. The van der Waals surface area contributed by atoms with Gasteiger partial charge in [-0.3, -0.25) is 9.59 Å². The fourth-order valence-electron chi connectivity index (χ4n) is 9.92. The Bertz CT molecular complexity index is 1750. The van der Waals surface area contributed by atoms with E-state index in [0.29, 0.717) is 12.8 Å². The Kier molecular flexibility index (Phi) is 69.4. The van der Waals surface area contributed by atoms with Crippen LogP contribution in [-0.2, 0) is 19.1 Å². The van der Waals surface area contributed by atoms with Gasteiger partial charge in [0, 0.05) is 12.8 Å². The Morgan fingerprint density at radius 1 is 0.274 bits per heavy atom. The molecule has 0 aliphatic heterocycles. The Hall–Kier alpha value is -4.22. The van der Waals surface area contributed by atoms with Crippen molar-refractivity contribution in [3.8, 4) is 0 Å². The second-order valence-corrected chi connectivity index (χ2v) is 23.2. The first kappa shape index (κ1) is 79.8. The van der Waals surface area contributed by atoms with Crippen LogP contribution in [0.1, 0.15) is 322 Å². The van der Waals surface area contributed by atoms with E-state index < -0.39 is 6.10 Å². The molecule has 0 aromatic rings. The largest absolute Gasteiger partial charge is 0.462 e. The summed E-state index contributed by atoms with van der Waals surface area (Å²) in [5, 5.41) is 9.71. The molecule has 0 radical (unpaired) electrons. The monoisotopic (exact) mass is 1160 g/mol. The molecule has 5 nitrogen and oxygen atoms in total. The van der Waals surface area contributed by atoms with E-state index in [1.54, 1.807) is 0 Å². The van der Waals surface area contributed by atoms with Crippen LogP contribution in [0, 0.1) is 0 Å². The highest BCUT2D eigenvalue weighted by atomic mass is 16.6. The van der Waals surface area contributed by atoms with Crippen LogP contribution < -0.4 is 0 Å². The summed E-state index contributed by atoms with van der Waals surface area (Å²) in [6.45, 7) is 3.93. The van der Waals surface area contributed by atoms with Crippen molar-refractivity contribution in [2.45, 2.75) is 328 Å². The van der Waals surface area contributed by atoms with Gasteiger partial charge in [0.2, 0.25) is 0 Å². The molecule has 84 heavy (non-hydrogen) atoms. The first-order chi connectivity index (χ1) is 41.6. The second-order valence-electron chi connectivity index (χ2n) is 23.2. The van der Waals surface area contributed by atoms with Crippen LogP contribution >= 0.6 is 0 Å². The highest BCUT2D eigenvalue weighted by Crippen LogP contribution is 2.17. The van der Waals surface area contributed by atoms with Crippen LogP contribution in [-0.4, -0.2) is 36.4 Å². The lowest BCUT2D eigenvalue weighted by atomic mass is 10.0. The van der Waals surface area contributed by atoms with Gasteiger partial charge in [0.05, 0.1) is 6.61 Å². The summed E-state index contributed by atoms with van der Waals surface area (Å²) in [4.78, 5) is 24.7. The van der Waals surface area contributed by atoms with Gasteiger partial charge in [0.15, 0.2) is 6.10 Å². The zero-order valence-electron chi connectivity index (χ0n) is 54.9. The van der Waals surface area contributed by atoms with Crippen LogP contribution in [0.4, 0.5) is 0 Å². The maximum Gasteiger partial charge on any atom is 0.306 e. The first-order valence-electron chi connectivity index (χ1n) is 35.4. The van der Waals surface area contributed by atoms with Gasteiger partial charge in [-0.2, -0.15) is 0 Å². The lowest BCUT2D eigenvalue weighted by molar-refractivity contribution is -0.161. The molecule has 1 unspecified atom stereocenters. The van der Waals surface area contributed by atoms with Gasteiger partial charge >= 0.3 is 11.9 Å². The number of rotatable bonds is 64. The molecule has 0 aliphatic carbocycles. The van der Waals surface area contributed by atoms with Crippen molar-refractivity contribution in [1.82, 2.24) is 0 Å². The van der Waals surface area contributed by atoms with Gasteiger partial charge in [-0.1, -0.05) is 339 Å². The first-order valence-corrected chi connectivity index (χ1v) is 35.4. The van der Waals surface area contributed by atoms with Gasteiger partial charge in [0.1, 0.15) is 6.61 Å². The normalized spacial score (nSPS) is 13.1. The molecule has 0 rings (SSSR count). The minimum absolute atomic E-state index is 0.0692. The van der Waals surface area contributed by atoms with Crippen molar-refractivity contribution in [3.05, 3.63) is 146 Å². The summed E-state index contributed by atoms with van der Waals surface area (Å²) in [6.07, 6.45) is 110. The van der Waals surface area contributed by atoms with E-state index in [1.807, 2.05) is 0 Å². The maximum atomic E-state index is 12.4. The molecule has 0 amide bonds. The van der Waals surface area contributed by atoms with Crippen LogP contribution in [0.15, 0.2) is 146 Å². The third kappa shape index (κ3) is 70.3. The number of carbonyl (C=O) groups is 2. The van der Waals surface area contributed by atoms with Crippen molar-refractivity contribution < 1.29 is 24.2 Å². The molecule has 0 aliphatic rings. The summed E-state index contributed by atoms with van der Waals surface area (Å²) >= 11 is 0. The number of carbonyl (C=O) groups excluding carboxylic acids is 2. The van der Waals surface area contributed by atoms with Gasteiger partial charge in [0.25, 0.3) is 0 Å². The zero-order chi connectivity index (χ0) is 60.5. The third-order valence-electron chi connectivity index (χ3n) is 15.1. The molecule has 1 atom stereocenters. The maximum absolute atomic E-state index is 12.4. The Labute approximate surface area is 520 Å². The minimum Gasteiger partial charge on any atom is -0.462 e. The van der Waals surface area contributed by atoms with Gasteiger partial charge < -0.3 is 14.6 Å². The lowest BCUT2D eigenvalue weighted by Crippen LogP contribution is -2.28. The van der Waals surface area contributed by atoms with Crippen molar-refractivity contribution >= 4 is 11.9 Å². The van der Waals surface area contributed by atoms with E-state index >= 15 is 0 Å². The van der Waals surface area contributed by atoms with Crippen LogP contribution in [0.3, 0.4) is 0 Å². The topological polar surface area (TPSA) is 72.8 Å². The number of hydrogen-bond donors (Lipinski definition) is 1. The number of ether oxygens (including phenoxy) is 2. The number of hydrogen-bond acceptors (Lipinski definition) is 5. The summed E-state index contributed by atoms with van der Waals surface area (Å²) in [5.41, 5.74) is 0. The summed E-state index contributed by atoms with van der Waals surface area (Å²) in [6, 6.07) is 0. The predicted molar refractivity (Wildman–Crippen MR) is 371 cm³/mol. The molecule has 0 saturated carbocycles. The van der Waals surface area contributed by atoms with Gasteiger partial charge in [-0.15, -0.1) is 0 Å². The number of allylic oxidation sites excluding steroid dienone is 24. The Balaban J connectivity index is 3.48.